The predicted octanol–water partition coefficient (Wildman–Crippen LogP) is 5.33. The van der Waals surface area contributed by atoms with Crippen molar-refractivity contribution in [2.24, 2.45) is 0 Å². The van der Waals surface area contributed by atoms with E-state index in [-0.39, 0.29) is 18.2 Å². The van der Waals surface area contributed by atoms with E-state index in [2.05, 4.69) is 22.3 Å². The summed E-state index contributed by atoms with van der Waals surface area (Å²) >= 11 is 0. The summed E-state index contributed by atoms with van der Waals surface area (Å²) in [7, 11) is 0. The maximum Gasteiger partial charge on any atom is 0.419 e. The third kappa shape index (κ3) is 4.41. The molecule has 2 aromatic carbocycles. The smallest absolute Gasteiger partial charge is 0.419 e. The summed E-state index contributed by atoms with van der Waals surface area (Å²) in [6.07, 6.45) is 3.26. The number of phenols is 1. The second-order valence-corrected chi connectivity index (χ2v) is 10.7. The van der Waals surface area contributed by atoms with E-state index in [1.807, 2.05) is 32.9 Å². The molecule has 1 aromatic heterocycles. The lowest BCUT2D eigenvalue weighted by molar-refractivity contribution is 0.0547. The van der Waals surface area contributed by atoms with Gasteiger partial charge in [-0.25, -0.2) is 9.36 Å². The van der Waals surface area contributed by atoms with Crippen LogP contribution in [0.5, 0.6) is 5.75 Å². The van der Waals surface area contributed by atoms with Crippen molar-refractivity contribution in [1.29, 1.82) is 0 Å². The largest absolute Gasteiger partial charge is 0.507 e. The van der Waals surface area contributed by atoms with Gasteiger partial charge in [0.2, 0.25) is 0 Å². The second kappa shape index (κ2) is 8.72. The molecule has 35 heavy (non-hydrogen) atoms. The summed E-state index contributed by atoms with van der Waals surface area (Å²) in [6, 6.07) is 9.90. The Morgan fingerprint density at radius 2 is 1.86 bits per heavy atom. The fourth-order valence-electron chi connectivity index (χ4n) is 5.21. The number of aromatic hydroxyl groups is 1. The Morgan fingerprint density at radius 3 is 2.57 bits per heavy atom. The van der Waals surface area contributed by atoms with Gasteiger partial charge in [0.05, 0.1) is 16.8 Å². The average Bonchev–Trinajstić information content (AvgIpc) is 3.37. The fraction of sp³-hybridized carbons (Fsp3) is 0.429. The van der Waals surface area contributed by atoms with E-state index in [4.69, 9.17) is 4.74 Å². The monoisotopic (exact) mass is 475 g/mol. The number of aryl methyl sites for hydroxylation is 1. The molecule has 7 nitrogen and oxygen atoms in total. The molecule has 2 N–H and O–H groups in total. The number of carbonyl (C=O) groups excluding carboxylic acids is 2. The Bertz CT molecular complexity index is 1330. The Kier molecular flexibility index (Phi) is 5.83. The first-order valence-electron chi connectivity index (χ1n) is 12.4. The summed E-state index contributed by atoms with van der Waals surface area (Å²) in [4.78, 5) is 28.7. The molecule has 1 amide bonds. The number of nitrogens with zero attached hydrogens (tertiary/aromatic N) is 2. The van der Waals surface area contributed by atoms with Crippen molar-refractivity contribution < 1.29 is 19.4 Å². The van der Waals surface area contributed by atoms with Crippen LogP contribution in [-0.2, 0) is 17.8 Å². The fourth-order valence-corrected chi connectivity index (χ4v) is 5.21. The highest BCUT2D eigenvalue weighted by Gasteiger charge is 2.31. The van der Waals surface area contributed by atoms with Gasteiger partial charge in [-0.05, 0) is 89.0 Å². The Balaban J connectivity index is 1.67. The van der Waals surface area contributed by atoms with Gasteiger partial charge in [0.1, 0.15) is 11.4 Å². The van der Waals surface area contributed by atoms with Gasteiger partial charge in [0, 0.05) is 29.6 Å². The average molecular weight is 476 g/mol. The lowest BCUT2D eigenvalue weighted by Gasteiger charge is -2.26. The van der Waals surface area contributed by atoms with Gasteiger partial charge in [-0.3, -0.25) is 9.69 Å². The summed E-state index contributed by atoms with van der Waals surface area (Å²) < 4.78 is 7.33. The highest BCUT2D eigenvalue weighted by Crippen LogP contribution is 2.39. The molecule has 0 aliphatic carbocycles. The van der Waals surface area contributed by atoms with Crippen molar-refractivity contribution in [3.63, 3.8) is 0 Å². The number of benzene rings is 2. The summed E-state index contributed by atoms with van der Waals surface area (Å²) in [5.74, 6) is -0.136. The molecular formula is C28H33N3O4. The van der Waals surface area contributed by atoms with E-state index in [1.54, 1.807) is 17.6 Å². The van der Waals surface area contributed by atoms with E-state index in [0.717, 1.165) is 30.5 Å². The summed E-state index contributed by atoms with van der Waals surface area (Å²) in [6.45, 7) is 10.7. The lowest BCUT2D eigenvalue weighted by atomic mass is 9.96. The van der Waals surface area contributed by atoms with Crippen LogP contribution in [0.25, 0.3) is 22.2 Å². The third-order valence-corrected chi connectivity index (χ3v) is 6.82. The van der Waals surface area contributed by atoms with Crippen LogP contribution in [0.15, 0.2) is 30.3 Å². The lowest BCUT2D eigenvalue weighted by Crippen LogP contribution is -2.29. The number of carbonyl (C=O) groups is 2. The van der Waals surface area contributed by atoms with Crippen molar-refractivity contribution in [2.45, 2.75) is 65.6 Å². The number of nitrogens with one attached hydrogen (secondary N) is 1. The minimum absolute atomic E-state index is 0.117. The number of likely N-dealkylation sites (tertiary alicyclic amines) is 1. The standard InChI is InChI=1S/C28H33N3O4/c1-17-12-20(24-21(25(17)32)15-29-26(24)33)23-14-19-13-18(16-30-10-6-5-7-11-30)8-9-22(19)31(23)27(34)35-28(2,3)4/h8-9,12-14,32H,5-7,10-11,15-16H2,1-4H3,(H,29,33). The zero-order chi connectivity index (χ0) is 24.9. The first kappa shape index (κ1) is 23.4. The molecule has 1 fully saturated rings. The molecule has 3 heterocycles. The zero-order valence-corrected chi connectivity index (χ0v) is 20.9. The number of hydrogen-bond acceptors (Lipinski definition) is 5. The maximum atomic E-state index is 13.4. The van der Waals surface area contributed by atoms with E-state index >= 15 is 0 Å². The number of piperidine rings is 1. The molecule has 7 heteroatoms. The topological polar surface area (TPSA) is 83.8 Å². The minimum atomic E-state index is -0.677. The van der Waals surface area contributed by atoms with E-state index in [1.165, 1.54) is 24.8 Å². The molecule has 0 atom stereocenters. The van der Waals surface area contributed by atoms with Crippen LogP contribution in [0.2, 0.25) is 0 Å². The van der Waals surface area contributed by atoms with Crippen molar-refractivity contribution >= 4 is 22.9 Å². The van der Waals surface area contributed by atoms with Gasteiger partial charge >= 0.3 is 6.09 Å². The molecule has 0 bridgehead atoms. The molecule has 5 rings (SSSR count). The molecular weight excluding hydrogens is 442 g/mol. The maximum absolute atomic E-state index is 13.4. The van der Waals surface area contributed by atoms with E-state index in [0.29, 0.717) is 27.9 Å². The normalized spacial score (nSPS) is 16.4. The highest BCUT2D eigenvalue weighted by atomic mass is 16.6. The Hall–Kier alpha value is -3.32. The van der Waals surface area contributed by atoms with Gasteiger partial charge in [-0.2, -0.15) is 0 Å². The minimum Gasteiger partial charge on any atom is -0.507 e. The summed E-state index contributed by atoms with van der Waals surface area (Å²) in [5.41, 5.74) is 4.08. The van der Waals surface area contributed by atoms with Crippen molar-refractivity contribution in [1.82, 2.24) is 14.8 Å². The molecule has 0 unspecified atom stereocenters. The van der Waals surface area contributed by atoms with Crippen LogP contribution in [0.3, 0.4) is 0 Å². The quantitative estimate of drug-likeness (QED) is 0.535. The first-order valence-corrected chi connectivity index (χ1v) is 12.4. The van der Waals surface area contributed by atoms with Crippen LogP contribution in [-0.4, -0.2) is 45.3 Å². The molecule has 0 saturated carbocycles. The molecule has 184 valence electrons. The van der Waals surface area contributed by atoms with E-state index < -0.39 is 11.7 Å². The van der Waals surface area contributed by atoms with Crippen molar-refractivity contribution in [2.75, 3.05) is 13.1 Å². The molecule has 2 aliphatic rings. The third-order valence-electron chi connectivity index (χ3n) is 6.82. The Morgan fingerprint density at radius 1 is 1.11 bits per heavy atom. The van der Waals surface area contributed by atoms with Gasteiger partial charge in [0.25, 0.3) is 5.91 Å². The van der Waals surface area contributed by atoms with Crippen LogP contribution in [0.4, 0.5) is 4.79 Å². The van der Waals surface area contributed by atoms with Gasteiger partial charge in [-0.15, -0.1) is 0 Å². The number of amides is 1. The number of ether oxygens (including phenoxy) is 1. The zero-order valence-electron chi connectivity index (χ0n) is 20.9. The van der Waals surface area contributed by atoms with Gasteiger partial charge in [-0.1, -0.05) is 12.5 Å². The number of rotatable bonds is 3. The van der Waals surface area contributed by atoms with Gasteiger partial charge in [0.15, 0.2) is 0 Å². The SMILES string of the molecule is Cc1cc(-c2cc3cc(CN4CCCCC4)ccc3n2C(=O)OC(C)(C)C)c2c(c1O)CNC2=O. The van der Waals surface area contributed by atoms with Crippen molar-refractivity contribution in [3.8, 4) is 17.0 Å². The predicted molar refractivity (Wildman–Crippen MR) is 136 cm³/mol. The number of hydrogen-bond donors (Lipinski definition) is 2. The highest BCUT2D eigenvalue weighted by molar-refractivity contribution is 6.07. The Labute approximate surface area is 205 Å². The number of aromatic nitrogens is 1. The molecule has 3 aromatic rings. The second-order valence-electron chi connectivity index (χ2n) is 10.7. The van der Waals surface area contributed by atoms with Crippen LogP contribution < -0.4 is 5.32 Å². The summed E-state index contributed by atoms with van der Waals surface area (Å²) in [5, 5.41) is 14.3. The molecule has 2 aliphatic heterocycles. The van der Waals surface area contributed by atoms with Crippen molar-refractivity contribution in [3.05, 3.63) is 52.6 Å². The molecule has 0 spiro atoms. The number of phenolic OH excluding ortho intramolecular Hbond substituents is 1. The van der Waals surface area contributed by atoms with E-state index in [9.17, 15) is 14.7 Å². The van der Waals surface area contributed by atoms with Crippen LogP contribution in [0.1, 0.15) is 67.1 Å². The van der Waals surface area contributed by atoms with Crippen LogP contribution in [0, 0.1) is 6.92 Å². The van der Waals surface area contributed by atoms with Crippen LogP contribution >= 0.6 is 0 Å². The van der Waals surface area contributed by atoms with Gasteiger partial charge < -0.3 is 15.2 Å². The molecule has 0 radical (unpaired) electrons. The number of fused-ring (bicyclic) bond motifs is 2. The first-order chi connectivity index (χ1) is 16.6. The molecule has 1 saturated heterocycles.